The molecule has 4 rings (SSSR count). The molecule has 0 unspecified atom stereocenters. The molecule has 148 valence electrons. The van der Waals surface area contributed by atoms with Crippen LogP contribution in [0.4, 0.5) is 13.2 Å². The first-order chi connectivity index (χ1) is 13.6. The molecule has 0 bridgehead atoms. The maximum atomic E-state index is 13.0. The van der Waals surface area contributed by atoms with Crippen molar-refractivity contribution in [2.24, 2.45) is 0 Å². The van der Waals surface area contributed by atoms with E-state index in [4.69, 9.17) is 0 Å². The molecule has 29 heavy (non-hydrogen) atoms. The van der Waals surface area contributed by atoms with Gasteiger partial charge in [0.1, 0.15) is 11.5 Å². The number of phenolic OH excluding ortho intramolecular Hbond substituents is 2. The fourth-order valence-electron chi connectivity index (χ4n) is 3.24. The summed E-state index contributed by atoms with van der Waals surface area (Å²) in [5.74, 6) is -0.580. The van der Waals surface area contributed by atoms with E-state index in [0.29, 0.717) is 11.1 Å². The quantitative estimate of drug-likeness (QED) is 0.455. The van der Waals surface area contributed by atoms with Crippen molar-refractivity contribution in [3.63, 3.8) is 0 Å². The number of aromatic hydroxyl groups is 2. The van der Waals surface area contributed by atoms with Crippen molar-refractivity contribution >= 4 is 11.0 Å². The van der Waals surface area contributed by atoms with Crippen molar-refractivity contribution in [3.05, 3.63) is 76.2 Å². The summed E-state index contributed by atoms with van der Waals surface area (Å²) in [6.07, 6.45) is -4.55. The normalized spacial score (nSPS) is 11.9. The zero-order valence-electron chi connectivity index (χ0n) is 15.1. The predicted octanol–water partition coefficient (Wildman–Crippen LogP) is 4.72. The molecule has 0 aliphatic carbocycles. The van der Waals surface area contributed by atoms with E-state index in [0.717, 1.165) is 34.4 Å². The van der Waals surface area contributed by atoms with Gasteiger partial charge >= 0.3 is 11.9 Å². The average Bonchev–Trinajstić information content (AvgIpc) is 2.97. The molecule has 3 N–H and O–H groups in total. The lowest BCUT2D eigenvalue weighted by Gasteiger charge is -2.12. The van der Waals surface area contributed by atoms with E-state index in [1.807, 2.05) is 19.1 Å². The van der Waals surface area contributed by atoms with E-state index in [1.165, 1.54) is 6.07 Å². The van der Waals surface area contributed by atoms with Gasteiger partial charge in [-0.2, -0.15) is 13.2 Å². The first-order valence-electron chi connectivity index (χ1n) is 8.60. The number of imidazole rings is 1. The van der Waals surface area contributed by atoms with Gasteiger partial charge in [0, 0.05) is 11.6 Å². The van der Waals surface area contributed by atoms with E-state index in [9.17, 15) is 28.2 Å². The van der Waals surface area contributed by atoms with Crippen LogP contribution < -0.4 is 5.69 Å². The Morgan fingerprint density at radius 2 is 1.62 bits per heavy atom. The molecule has 0 radical (unpaired) electrons. The number of halogens is 3. The summed E-state index contributed by atoms with van der Waals surface area (Å²) in [4.78, 5) is 14.9. The van der Waals surface area contributed by atoms with Gasteiger partial charge in [-0.15, -0.1) is 0 Å². The van der Waals surface area contributed by atoms with Gasteiger partial charge in [-0.1, -0.05) is 29.8 Å². The van der Waals surface area contributed by atoms with Crippen molar-refractivity contribution in [2.45, 2.75) is 13.1 Å². The second kappa shape index (κ2) is 6.44. The molecule has 0 amide bonds. The number of nitrogens with one attached hydrogen (secondary N) is 1. The molecule has 0 atom stereocenters. The molecule has 0 saturated heterocycles. The van der Waals surface area contributed by atoms with Crippen LogP contribution in [0, 0.1) is 6.92 Å². The van der Waals surface area contributed by atoms with Crippen molar-refractivity contribution in [1.82, 2.24) is 9.55 Å². The molecule has 3 aromatic carbocycles. The van der Waals surface area contributed by atoms with Crippen LogP contribution in [0.3, 0.4) is 0 Å². The number of alkyl halides is 3. The molecule has 8 heteroatoms. The maximum absolute atomic E-state index is 13.0. The van der Waals surface area contributed by atoms with Gasteiger partial charge in [-0.3, -0.25) is 4.57 Å². The average molecular weight is 400 g/mol. The van der Waals surface area contributed by atoms with Gasteiger partial charge in [-0.05, 0) is 36.8 Å². The zero-order chi connectivity index (χ0) is 20.9. The van der Waals surface area contributed by atoms with E-state index in [2.05, 4.69) is 4.98 Å². The van der Waals surface area contributed by atoms with Crippen LogP contribution in [0.25, 0.3) is 27.8 Å². The monoisotopic (exact) mass is 400 g/mol. The summed E-state index contributed by atoms with van der Waals surface area (Å²) in [6, 6.07) is 12.6. The summed E-state index contributed by atoms with van der Waals surface area (Å²) in [5, 5.41) is 20.6. The fraction of sp³-hybridized carbons (Fsp3) is 0.0952. The van der Waals surface area contributed by atoms with E-state index in [1.54, 1.807) is 12.1 Å². The molecule has 1 heterocycles. The van der Waals surface area contributed by atoms with Crippen LogP contribution in [-0.2, 0) is 6.18 Å². The van der Waals surface area contributed by atoms with Crippen molar-refractivity contribution in [2.75, 3.05) is 0 Å². The number of hydrogen-bond acceptors (Lipinski definition) is 3. The Bertz CT molecular complexity index is 1290. The third-order valence-corrected chi connectivity index (χ3v) is 4.71. The van der Waals surface area contributed by atoms with Crippen LogP contribution >= 0.6 is 0 Å². The number of aromatic nitrogens is 2. The number of hydrogen-bond donors (Lipinski definition) is 3. The fourth-order valence-corrected chi connectivity index (χ4v) is 3.24. The highest BCUT2D eigenvalue weighted by atomic mass is 19.4. The SMILES string of the molecule is Cc1ccc(-c2cc(-n3c(=O)[nH]c4cc(C(F)(F)F)ccc43)c(O)cc2O)cc1. The molecule has 4 aromatic rings. The van der Waals surface area contributed by atoms with Crippen LogP contribution in [0.5, 0.6) is 11.5 Å². The topological polar surface area (TPSA) is 78.2 Å². The van der Waals surface area contributed by atoms with Crippen LogP contribution in [-0.4, -0.2) is 19.8 Å². The summed E-state index contributed by atoms with van der Waals surface area (Å²) in [6.45, 7) is 1.91. The Morgan fingerprint density at radius 3 is 2.28 bits per heavy atom. The number of aromatic amines is 1. The number of nitrogens with zero attached hydrogens (tertiary/aromatic N) is 1. The smallest absolute Gasteiger partial charge is 0.416 e. The van der Waals surface area contributed by atoms with E-state index < -0.39 is 17.4 Å². The number of fused-ring (bicyclic) bond motifs is 1. The summed E-state index contributed by atoms with van der Waals surface area (Å²) in [7, 11) is 0. The Hall–Kier alpha value is -3.68. The zero-order valence-corrected chi connectivity index (χ0v) is 15.1. The number of aryl methyl sites for hydroxylation is 1. The molecule has 0 spiro atoms. The molecule has 1 aromatic heterocycles. The lowest BCUT2D eigenvalue weighted by atomic mass is 10.0. The standard InChI is InChI=1S/C21H15F3N2O3/c1-11-2-4-12(5-3-11)14-9-17(19(28)10-18(14)27)26-16-7-6-13(21(22,23)24)8-15(16)25-20(26)29/h2-10,27-28H,1H3,(H,25,29). The second-order valence-electron chi connectivity index (χ2n) is 6.72. The molecule has 0 saturated carbocycles. The largest absolute Gasteiger partial charge is 0.507 e. The minimum Gasteiger partial charge on any atom is -0.507 e. The van der Waals surface area contributed by atoms with Crippen LogP contribution in [0.15, 0.2) is 59.4 Å². The Morgan fingerprint density at radius 1 is 0.931 bits per heavy atom. The molecule has 0 aliphatic rings. The van der Waals surface area contributed by atoms with E-state index >= 15 is 0 Å². The molecule has 5 nitrogen and oxygen atoms in total. The van der Waals surface area contributed by atoms with Crippen LogP contribution in [0.1, 0.15) is 11.1 Å². The van der Waals surface area contributed by atoms with Gasteiger partial charge < -0.3 is 15.2 Å². The highest BCUT2D eigenvalue weighted by Gasteiger charge is 2.31. The molecule has 0 fully saturated rings. The minimum atomic E-state index is -4.55. The minimum absolute atomic E-state index is 0.0193. The van der Waals surface area contributed by atoms with Gasteiger partial charge in [0.05, 0.1) is 22.3 Å². The summed E-state index contributed by atoms with van der Waals surface area (Å²) >= 11 is 0. The third kappa shape index (κ3) is 3.22. The first kappa shape index (κ1) is 18.7. The molecular weight excluding hydrogens is 385 g/mol. The number of phenols is 2. The number of H-pyrrole nitrogens is 1. The maximum Gasteiger partial charge on any atom is 0.416 e. The second-order valence-corrected chi connectivity index (χ2v) is 6.72. The summed E-state index contributed by atoms with van der Waals surface area (Å²) < 4.78 is 39.9. The van der Waals surface area contributed by atoms with Crippen LogP contribution in [0.2, 0.25) is 0 Å². The third-order valence-electron chi connectivity index (χ3n) is 4.71. The summed E-state index contributed by atoms with van der Waals surface area (Å²) in [5.41, 5.74) is 0.611. The highest BCUT2D eigenvalue weighted by molar-refractivity contribution is 5.81. The highest BCUT2D eigenvalue weighted by Crippen LogP contribution is 2.38. The Labute approximate surface area is 162 Å². The van der Waals surface area contributed by atoms with Crippen molar-refractivity contribution < 1.29 is 23.4 Å². The van der Waals surface area contributed by atoms with Gasteiger partial charge in [0.25, 0.3) is 0 Å². The number of benzene rings is 3. The molecular formula is C21H15F3N2O3. The Balaban J connectivity index is 1.94. The lowest BCUT2D eigenvalue weighted by molar-refractivity contribution is -0.137. The van der Waals surface area contributed by atoms with Gasteiger partial charge in [0.2, 0.25) is 0 Å². The Kier molecular flexibility index (Phi) is 4.15. The van der Waals surface area contributed by atoms with Gasteiger partial charge in [0.15, 0.2) is 0 Å². The lowest BCUT2D eigenvalue weighted by Crippen LogP contribution is -2.14. The predicted molar refractivity (Wildman–Crippen MR) is 102 cm³/mol. The molecule has 0 aliphatic heterocycles. The van der Waals surface area contributed by atoms with E-state index in [-0.39, 0.29) is 28.2 Å². The van der Waals surface area contributed by atoms with Crippen molar-refractivity contribution in [1.29, 1.82) is 0 Å². The number of rotatable bonds is 2. The van der Waals surface area contributed by atoms with Crippen molar-refractivity contribution in [3.8, 4) is 28.3 Å². The first-order valence-corrected chi connectivity index (χ1v) is 8.60. The van der Waals surface area contributed by atoms with Gasteiger partial charge in [-0.25, -0.2) is 4.79 Å².